The fraction of sp³-hybridized carbons (Fsp3) is 0.0455. The molecule has 0 atom stereocenters. The molecule has 0 amide bonds. The van der Waals surface area contributed by atoms with Crippen molar-refractivity contribution in [3.8, 4) is 16.9 Å². The number of benzene rings is 3. The zero-order valence-electron chi connectivity index (χ0n) is 15.9. The van der Waals surface area contributed by atoms with Crippen molar-refractivity contribution < 1.29 is 30.2 Å². The summed E-state index contributed by atoms with van der Waals surface area (Å²) in [4.78, 5) is 12.8. The summed E-state index contributed by atoms with van der Waals surface area (Å²) in [7, 11) is -4.24. The summed E-state index contributed by atoms with van der Waals surface area (Å²) >= 11 is 5.79. The van der Waals surface area contributed by atoms with Crippen LogP contribution in [0.25, 0.3) is 22.1 Å². The Balaban J connectivity index is 1.87. The lowest BCUT2D eigenvalue weighted by atomic mass is 10.0. The predicted molar refractivity (Wildman–Crippen MR) is 112 cm³/mol. The normalized spacial score (nSPS) is 12.1. The van der Waals surface area contributed by atoms with Crippen LogP contribution in [0.1, 0.15) is 5.76 Å². The molecule has 3 aromatic carbocycles. The first-order chi connectivity index (χ1) is 15.1. The minimum absolute atomic E-state index is 0.0237. The van der Waals surface area contributed by atoms with Crippen LogP contribution in [-0.2, 0) is 16.3 Å². The van der Waals surface area contributed by atoms with E-state index in [2.05, 4.69) is 0 Å². The van der Waals surface area contributed by atoms with Crippen molar-refractivity contribution in [2.75, 3.05) is 0 Å². The van der Waals surface area contributed by atoms with Crippen LogP contribution in [0.5, 0.6) is 5.75 Å². The fourth-order valence-electron chi connectivity index (χ4n) is 3.07. The van der Waals surface area contributed by atoms with Gasteiger partial charge in [-0.15, -0.1) is 0 Å². The Labute approximate surface area is 184 Å². The molecule has 1 aromatic heterocycles. The van der Waals surface area contributed by atoms with Crippen LogP contribution in [0.3, 0.4) is 0 Å². The fourth-order valence-corrected chi connectivity index (χ4v) is 4.14. The number of alkyl halides is 3. The molecule has 0 N–H and O–H groups in total. The van der Waals surface area contributed by atoms with Gasteiger partial charge in [-0.2, -0.15) is 21.6 Å². The number of hydrogen-bond acceptors (Lipinski definition) is 5. The molecule has 1 heterocycles. The number of halogens is 4. The van der Waals surface area contributed by atoms with Gasteiger partial charge in [-0.05, 0) is 42.0 Å². The molecule has 0 fully saturated rings. The topological polar surface area (TPSA) is 73.6 Å². The van der Waals surface area contributed by atoms with Crippen molar-refractivity contribution in [2.24, 2.45) is 0 Å². The SMILES string of the molecule is O=c1c(-c2ccc(Cl)cc2)c(C(F)(F)F)oc2cc(OS(=O)(=O)c3ccccc3)ccc12. The van der Waals surface area contributed by atoms with Gasteiger partial charge in [-0.25, -0.2) is 0 Å². The van der Waals surface area contributed by atoms with Gasteiger partial charge in [0.15, 0.2) is 0 Å². The average Bonchev–Trinajstić information content (AvgIpc) is 2.74. The largest absolute Gasteiger partial charge is 0.450 e. The van der Waals surface area contributed by atoms with E-state index in [0.717, 1.165) is 12.1 Å². The zero-order chi connectivity index (χ0) is 23.1. The lowest BCUT2D eigenvalue weighted by Gasteiger charge is -2.13. The highest BCUT2D eigenvalue weighted by Gasteiger charge is 2.39. The van der Waals surface area contributed by atoms with E-state index in [1.54, 1.807) is 6.07 Å². The van der Waals surface area contributed by atoms with Gasteiger partial charge >= 0.3 is 16.3 Å². The Kier molecular flexibility index (Phi) is 5.47. The van der Waals surface area contributed by atoms with E-state index < -0.39 is 38.6 Å². The third-order valence-corrected chi connectivity index (χ3v) is 6.01. The second kappa shape index (κ2) is 7.99. The van der Waals surface area contributed by atoms with Crippen LogP contribution in [0, 0.1) is 0 Å². The average molecular weight is 481 g/mol. The molecule has 164 valence electrons. The van der Waals surface area contributed by atoms with Crippen LogP contribution < -0.4 is 9.61 Å². The van der Waals surface area contributed by atoms with E-state index in [-0.39, 0.29) is 26.6 Å². The van der Waals surface area contributed by atoms with Crippen molar-refractivity contribution in [2.45, 2.75) is 11.1 Å². The van der Waals surface area contributed by atoms with Crippen molar-refractivity contribution in [1.82, 2.24) is 0 Å². The van der Waals surface area contributed by atoms with Crippen LogP contribution in [0.15, 0.2) is 86.9 Å². The van der Waals surface area contributed by atoms with E-state index in [1.165, 1.54) is 54.6 Å². The molecular formula is C22H12ClF3O5S. The number of fused-ring (bicyclic) bond motifs is 1. The smallest absolute Gasteiger partial charge is 0.450 e. The van der Waals surface area contributed by atoms with Crippen LogP contribution in [0.4, 0.5) is 13.2 Å². The summed E-state index contributed by atoms with van der Waals surface area (Å²) in [6.07, 6.45) is -4.99. The molecule has 0 bridgehead atoms. The third kappa shape index (κ3) is 4.21. The molecule has 0 unspecified atom stereocenters. The van der Waals surface area contributed by atoms with Gasteiger partial charge in [0.1, 0.15) is 16.2 Å². The van der Waals surface area contributed by atoms with Gasteiger partial charge in [-0.3, -0.25) is 4.79 Å². The monoisotopic (exact) mass is 480 g/mol. The summed E-state index contributed by atoms with van der Waals surface area (Å²) in [5.74, 6) is -1.82. The first-order valence-corrected chi connectivity index (χ1v) is 10.8. The van der Waals surface area contributed by atoms with Crippen molar-refractivity contribution in [3.63, 3.8) is 0 Å². The molecule has 0 saturated carbocycles. The van der Waals surface area contributed by atoms with Crippen LogP contribution in [0.2, 0.25) is 5.02 Å². The Bertz CT molecular complexity index is 1460. The summed E-state index contributed by atoms with van der Waals surface area (Å²) in [6.45, 7) is 0. The maximum atomic E-state index is 13.7. The Morgan fingerprint density at radius 1 is 0.906 bits per heavy atom. The van der Waals surface area contributed by atoms with E-state index in [0.29, 0.717) is 0 Å². The molecular weight excluding hydrogens is 469 g/mol. The van der Waals surface area contributed by atoms with Gasteiger partial charge < -0.3 is 8.60 Å². The Morgan fingerprint density at radius 2 is 1.56 bits per heavy atom. The summed E-state index contributed by atoms with van der Waals surface area (Å²) < 4.78 is 76.0. The lowest BCUT2D eigenvalue weighted by molar-refractivity contribution is -0.152. The molecule has 0 spiro atoms. The molecule has 10 heteroatoms. The van der Waals surface area contributed by atoms with E-state index in [1.807, 2.05) is 0 Å². The molecule has 0 radical (unpaired) electrons. The standard InChI is InChI=1S/C22H12ClF3O5S/c23-14-8-6-13(7-9-14)19-20(27)17-11-10-15(12-18(17)30-21(19)22(24,25)26)31-32(28,29)16-4-2-1-3-5-16/h1-12H. The highest BCUT2D eigenvalue weighted by atomic mass is 35.5. The number of rotatable bonds is 4. The lowest BCUT2D eigenvalue weighted by Crippen LogP contribution is -2.16. The third-order valence-electron chi connectivity index (χ3n) is 4.49. The van der Waals surface area contributed by atoms with Crippen molar-refractivity contribution in [3.05, 3.63) is 93.8 Å². The summed E-state index contributed by atoms with van der Waals surface area (Å²) in [5.41, 5.74) is -2.10. The van der Waals surface area contributed by atoms with E-state index in [4.69, 9.17) is 20.2 Å². The molecule has 4 aromatic rings. The molecule has 32 heavy (non-hydrogen) atoms. The number of hydrogen-bond donors (Lipinski definition) is 0. The Morgan fingerprint density at radius 3 is 2.19 bits per heavy atom. The van der Waals surface area contributed by atoms with Crippen LogP contribution >= 0.6 is 11.6 Å². The predicted octanol–water partition coefficient (Wildman–Crippen LogP) is 5.90. The van der Waals surface area contributed by atoms with Gasteiger partial charge in [-0.1, -0.05) is 41.9 Å². The molecule has 0 aliphatic heterocycles. The van der Waals surface area contributed by atoms with Gasteiger partial charge in [0.25, 0.3) is 0 Å². The second-order valence-corrected chi connectivity index (χ2v) is 8.63. The second-order valence-electron chi connectivity index (χ2n) is 6.65. The first kappa shape index (κ1) is 21.9. The Hall–Kier alpha value is -3.30. The minimum atomic E-state index is -4.99. The van der Waals surface area contributed by atoms with Gasteiger partial charge in [0.2, 0.25) is 11.2 Å². The minimum Gasteiger partial charge on any atom is -0.450 e. The maximum absolute atomic E-state index is 13.7. The van der Waals surface area contributed by atoms with Crippen molar-refractivity contribution >= 4 is 32.7 Å². The molecule has 0 saturated heterocycles. The van der Waals surface area contributed by atoms with Gasteiger partial charge in [0, 0.05) is 11.1 Å². The first-order valence-electron chi connectivity index (χ1n) is 9.00. The van der Waals surface area contributed by atoms with E-state index >= 15 is 0 Å². The van der Waals surface area contributed by atoms with E-state index in [9.17, 15) is 26.4 Å². The van der Waals surface area contributed by atoms with Crippen molar-refractivity contribution in [1.29, 1.82) is 0 Å². The molecule has 0 aliphatic rings. The summed E-state index contributed by atoms with van der Waals surface area (Å²) in [6, 6.07) is 15.7. The zero-order valence-corrected chi connectivity index (χ0v) is 17.5. The quantitative estimate of drug-likeness (QED) is 0.340. The highest BCUT2D eigenvalue weighted by molar-refractivity contribution is 7.87. The molecule has 5 nitrogen and oxygen atoms in total. The van der Waals surface area contributed by atoms with Gasteiger partial charge in [0.05, 0.1) is 10.9 Å². The summed E-state index contributed by atoms with van der Waals surface area (Å²) in [5, 5.41) is 0.112. The highest BCUT2D eigenvalue weighted by Crippen LogP contribution is 2.38. The maximum Gasteiger partial charge on any atom is 0.450 e. The molecule has 4 rings (SSSR count). The van der Waals surface area contributed by atoms with Crippen LogP contribution in [-0.4, -0.2) is 8.42 Å². The molecule has 0 aliphatic carbocycles.